The van der Waals surface area contributed by atoms with Gasteiger partial charge in [-0.05, 0) is 11.1 Å². The summed E-state index contributed by atoms with van der Waals surface area (Å²) >= 11 is 0. The molecule has 0 saturated carbocycles. The molecule has 15 heavy (non-hydrogen) atoms. The standard InChI is InChI=1S/C12H14O3/c1-7-10(12(14)15-2)8-5-3-4-6-9(8)11(7)13/h3-7,10-11,13H,1-2H3/t7-,10-,11-/m0/s1. The van der Waals surface area contributed by atoms with Gasteiger partial charge in [-0.3, -0.25) is 4.79 Å². The summed E-state index contributed by atoms with van der Waals surface area (Å²) in [5, 5.41) is 9.96. The van der Waals surface area contributed by atoms with Crippen LogP contribution in [0.1, 0.15) is 30.1 Å². The van der Waals surface area contributed by atoms with Crippen molar-refractivity contribution in [2.45, 2.75) is 18.9 Å². The van der Waals surface area contributed by atoms with Crippen molar-refractivity contribution in [1.82, 2.24) is 0 Å². The normalized spacial score (nSPS) is 28.6. The molecule has 1 aliphatic rings. The van der Waals surface area contributed by atoms with E-state index in [0.29, 0.717) is 0 Å². The maximum Gasteiger partial charge on any atom is 0.313 e. The van der Waals surface area contributed by atoms with Gasteiger partial charge in [0.25, 0.3) is 0 Å². The summed E-state index contributed by atoms with van der Waals surface area (Å²) < 4.78 is 4.76. The molecule has 3 atom stereocenters. The Labute approximate surface area is 88.7 Å². The first-order valence-electron chi connectivity index (χ1n) is 5.01. The molecule has 0 radical (unpaired) electrons. The second kappa shape index (κ2) is 3.66. The minimum atomic E-state index is -0.565. The van der Waals surface area contributed by atoms with Crippen molar-refractivity contribution in [1.29, 1.82) is 0 Å². The maximum atomic E-state index is 11.6. The Bertz CT molecular complexity index is 386. The van der Waals surface area contributed by atoms with E-state index in [9.17, 15) is 9.90 Å². The average Bonchev–Trinajstić information content (AvgIpc) is 2.52. The number of rotatable bonds is 1. The molecule has 0 bridgehead atoms. The molecule has 0 aromatic heterocycles. The number of ether oxygens (including phenoxy) is 1. The molecule has 0 spiro atoms. The van der Waals surface area contributed by atoms with E-state index in [4.69, 9.17) is 4.74 Å². The van der Waals surface area contributed by atoms with Gasteiger partial charge in [0, 0.05) is 5.92 Å². The number of carbonyl (C=O) groups excluding carboxylic acids is 1. The van der Waals surface area contributed by atoms with Gasteiger partial charge in [0.1, 0.15) is 0 Å². The highest BCUT2D eigenvalue weighted by Gasteiger charge is 2.41. The van der Waals surface area contributed by atoms with E-state index in [-0.39, 0.29) is 17.8 Å². The van der Waals surface area contributed by atoms with Crippen LogP contribution in [0.25, 0.3) is 0 Å². The summed E-state index contributed by atoms with van der Waals surface area (Å²) in [5.74, 6) is -0.720. The van der Waals surface area contributed by atoms with Crippen LogP contribution in [0.5, 0.6) is 0 Å². The Hall–Kier alpha value is -1.35. The predicted molar refractivity (Wildman–Crippen MR) is 55.3 cm³/mol. The zero-order valence-corrected chi connectivity index (χ0v) is 8.81. The number of benzene rings is 1. The van der Waals surface area contributed by atoms with Crippen molar-refractivity contribution in [3.8, 4) is 0 Å². The molecule has 0 heterocycles. The lowest BCUT2D eigenvalue weighted by atomic mass is 9.93. The van der Waals surface area contributed by atoms with E-state index >= 15 is 0 Å². The van der Waals surface area contributed by atoms with Crippen molar-refractivity contribution in [3.05, 3.63) is 35.4 Å². The van der Waals surface area contributed by atoms with Gasteiger partial charge in [0.05, 0.1) is 19.1 Å². The van der Waals surface area contributed by atoms with Crippen molar-refractivity contribution < 1.29 is 14.6 Å². The van der Waals surface area contributed by atoms with Crippen LogP contribution in [0, 0.1) is 5.92 Å². The summed E-state index contributed by atoms with van der Waals surface area (Å²) in [7, 11) is 1.38. The zero-order valence-electron chi connectivity index (χ0n) is 8.81. The highest BCUT2D eigenvalue weighted by Crippen LogP contribution is 2.45. The van der Waals surface area contributed by atoms with E-state index in [1.54, 1.807) is 0 Å². The number of hydrogen-bond donors (Lipinski definition) is 1. The minimum Gasteiger partial charge on any atom is -0.469 e. The van der Waals surface area contributed by atoms with Gasteiger partial charge >= 0.3 is 5.97 Å². The highest BCUT2D eigenvalue weighted by molar-refractivity contribution is 5.80. The van der Waals surface area contributed by atoms with Crippen LogP contribution in [0.15, 0.2) is 24.3 Å². The third kappa shape index (κ3) is 1.43. The molecular weight excluding hydrogens is 192 g/mol. The van der Waals surface area contributed by atoms with Crippen LogP contribution in [0.3, 0.4) is 0 Å². The number of aliphatic hydroxyl groups excluding tert-OH is 1. The van der Waals surface area contributed by atoms with Crippen LogP contribution in [0.2, 0.25) is 0 Å². The van der Waals surface area contributed by atoms with Gasteiger partial charge in [-0.25, -0.2) is 0 Å². The van der Waals surface area contributed by atoms with E-state index in [1.165, 1.54) is 7.11 Å². The Kier molecular flexibility index (Phi) is 2.49. The smallest absolute Gasteiger partial charge is 0.313 e. The van der Waals surface area contributed by atoms with Crippen LogP contribution < -0.4 is 0 Å². The van der Waals surface area contributed by atoms with Gasteiger partial charge < -0.3 is 9.84 Å². The molecule has 1 N–H and O–H groups in total. The van der Waals surface area contributed by atoms with Crippen molar-refractivity contribution in [2.75, 3.05) is 7.11 Å². The molecule has 1 aromatic rings. The summed E-state index contributed by atoms with van der Waals surface area (Å²) in [5.41, 5.74) is 1.74. The van der Waals surface area contributed by atoms with Crippen molar-refractivity contribution >= 4 is 5.97 Å². The molecule has 0 fully saturated rings. The fourth-order valence-corrected chi connectivity index (χ4v) is 2.28. The van der Waals surface area contributed by atoms with E-state index in [1.807, 2.05) is 31.2 Å². The topological polar surface area (TPSA) is 46.5 Å². The third-order valence-corrected chi connectivity index (χ3v) is 3.13. The molecule has 1 aliphatic carbocycles. The molecule has 3 heteroatoms. The number of carbonyl (C=O) groups is 1. The monoisotopic (exact) mass is 206 g/mol. The summed E-state index contributed by atoms with van der Waals surface area (Å²) in [6.45, 7) is 1.87. The summed E-state index contributed by atoms with van der Waals surface area (Å²) in [6.07, 6.45) is -0.565. The van der Waals surface area contributed by atoms with Gasteiger partial charge in [-0.15, -0.1) is 0 Å². The highest BCUT2D eigenvalue weighted by atomic mass is 16.5. The number of methoxy groups -OCH3 is 1. The molecule has 0 saturated heterocycles. The lowest BCUT2D eigenvalue weighted by molar-refractivity contribution is -0.144. The van der Waals surface area contributed by atoms with Crippen molar-refractivity contribution in [2.24, 2.45) is 5.92 Å². The molecular formula is C12H14O3. The van der Waals surface area contributed by atoms with Gasteiger partial charge in [-0.1, -0.05) is 31.2 Å². The molecule has 0 aliphatic heterocycles. The summed E-state index contributed by atoms with van der Waals surface area (Å²) in [4.78, 5) is 11.6. The molecule has 0 amide bonds. The lowest BCUT2D eigenvalue weighted by Gasteiger charge is -2.15. The molecule has 3 nitrogen and oxygen atoms in total. The summed E-state index contributed by atoms with van der Waals surface area (Å²) in [6, 6.07) is 7.48. The Balaban J connectivity index is 2.46. The lowest BCUT2D eigenvalue weighted by Crippen LogP contribution is -2.18. The number of fused-ring (bicyclic) bond motifs is 1. The van der Waals surface area contributed by atoms with Crippen molar-refractivity contribution in [3.63, 3.8) is 0 Å². The first kappa shape index (κ1) is 10.2. The Morgan fingerprint density at radius 3 is 2.53 bits per heavy atom. The Morgan fingerprint density at radius 1 is 1.33 bits per heavy atom. The van der Waals surface area contributed by atoms with Crippen LogP contribution in [0.4, 0.5) is 0 Å². The second-order valence-electron chi connectivity index (χ2n) is 3.93. The fraction of sp³-hybridized carbons (Fsp3) is 0.417. The van der Waals surface area contributed by atoms with E-state index < -0.39 is 6.10 Å². The van der Waals surface area contributed by atoms with Gasteiger partial charge in [0.15, 0.2) is 0 Å². The zero-order chi connectivity index (χ0) is 11.0. The van der Waals surface area contributed by atoms with Crippen LogP contribution in [-0.2, 0) is 9.53 Å². The predicted octanol–water partition coefficient (Wildman–Crippen LogP) is 1.63. The number of esters is 1. The van der Waals surface area contributed by atoms with Gasteiger partial charge in [0.2, 0.25) is 0 Å². The Morgan fingerprint density at radius 2 is 1.93 bits per heavy atom. The number of hydrogen-bond acceptors (Lipinski definition) is 3. The quantitative estimate of drug-likeness (QED) is 0.710. The average molecular weight is 206 g/mol. The second-order valence-corrected chi connectivity index (χ2v) is 3.93. The molecule has 0 unspecified atom stereocenters. The molecule has 1 aromatic carbocycles. The SMILES string of the molecule is COC(=O)[C@@H]1c2ccccc2[C@@H](O)[C@H]1C. The first-order chi connectivity index (χ1) is 7.16. The maximum absolute atomic E-state index is 11.6. The molecule has 2 rings (SSSR count). The van der Waals surface area contributed by atoms with E-state index in [2.05, 4.69) is 0 Å². The number of aliphatic hydroxyl groups is 1. The van der Waals surface area contributed by atoms with Gasteiger partial charge in [-0.2, -0.15) is 0 Å². The first-order valence-corrected chi connectivity index (χ1v) is 5.01. The largest absolute Gasteiger partial charge is 0.469 e. The minimum absolute atomic E-state index is 0.116. The third-order valence-electron chi connectivity index (χ3n) is 3.13. The van der Waals surface area contributed by atoms with Crippen LogP contribution >= 0.6 is 0 Å². The fourth-order valence-electron chi connectivity index (χ4n) is 2.28. The van der Waals surface area contributed by atoms with E-state index in [0.717, 1.165) is 11.1 Å². The van der Waals surface area contributed by atoms with Crippen LogP contribution in [-0.4, -0.2) is 18.2 Å². The molecule has 80 valence electrons.